The van der Waals surface area contributed by atoms with Gasteiger partial charge in [-0.15, -0.1) is 0 Å². The number of Topliss-reactive ketones (excluding diaryl/α,β-unsaturated/α-hetero) is 1. The summed E-state index contributed by atoms with van der Waals surface area (Å²) in [4.78, 5) is 12.5. The molecule has 5 heteroatoms. The second kappa shape index (κ2) is 5.48. The highest BCUT2D eigenvalue weighted by molar-refractivity contribution is 6.04. The van der Waals surface area contributed by atoms with E-state index in [9.17, 15) is 4.79 Å². The van der Waals surface area contributed by atoms with Crippen LogP contribution in [-0.2, 0) is 13.5 Å². The number of hydrogen-bond donors (Lipinski definition) is 0. The number of methoxy groups -OCH3 is 2. The third kappa shape index (κ3) is 2.17. The number of ether oxygens (including phenoxy) is 2. The summed E-state index contributed by atoms with van der Waals surface area (Å²) in [5.41, 5.74) is 3.21. The number of nitrogens with zero attached hydrogens (tertiary/aromatic N) is 2. The second-order valence-corrected chi connectivity index (χ2v) is 5.77. The van der Waals surface area contributed by atoms with Crippen molar-refractivity contribution in [2.75, 3.05) is 14.2 Å². The zero-order valence-electron chi connectivity index (χ0n) is 13.3. The molecule has 1 aromatic carbocycles. The Morgan fingerprint density at radius 1 is 1.23 bits per heavy atom. The van der Waals surface area contributed by atoms with E-state index < -0.39 is 0 Å². The first kappa shape index (κ1) is 14.6. The third-order valence-electron chi connectivity index (χ3n) is 4.18. The molecule has 0 aliphatic heterocycles. The van der Waals surface area contributed by atoms with Gasteiger partial charge in [0.15, 0.2) is 17.3 Å². The first-order chi connectivity index (χ1) is 10.6. The highest BCUT2D eigenvalue weighted by Gasteiger charge is 2.31. The first-order valence-corrected chi connectivity index (χ1v) is 7.37. The number of hydrogen-bond acceptors (Lipinski definition) is 4. The van der Waals surface area contributed by atoms with E-state index in [0.717, 1.165) is 23.2 Å². The zero-order valence-corrected chi connectivity index (χ0v) is 13.3. The molecule has 1 heterocycles. The fourth-order valence-corrected chi connectivity index (χ4v) is 3.17. The van der Waals surface area contributed by atoms with Crippen molar-refractivity contribution >= 4 is 5.78 Å². The molecule has 0 spiro atoms. The lowest BCUT2D eigenvalue weighted by atomic mass is 9.86. The smallest absolute Gasteiger partial charge is 0.170 e. The van der Waals surface area contributed by atoms with Crippen molar-refractivity contribution in [1.29, 1.82) is 0 Å². The van der Waals surface area contributed by atoms with E-state index in [4.69, 9.17) is 9.47 Å². The van der Waals surface area contributed by atoms with Crippen LogP contribution < -0.4 is 9.47 Å². The average molecular weight is 300 g/mol. The van der Waals surface area contributed by atoms with E-state index in [1.807, 2.05) is 29.9 Å². The van der Waals surface area contributed by atoms with Gasteiger partial charge in [0.05, 0.1) is 19.8 Å². The molecular weight excluding hydrogens is 280 g/mol. The Hall–Kier alpha value is -2.30. The molecule has 1 unspecified atom stereocenters. The molecule has 1 aromatic heterocycles. The molecule has 0 amide bonds. The van der Waals surface area contributed by atoms with Gasteiger partial charge in [0.2, 0.25) is 0 Å². The normalized spacial score (nSPS) is 17.3. The summed E-state index contributed by atoms with van der Waals surface area (Å²) in [5.74, 6) is 1.76. The summed E-state index contributed by atoms with van der Waals surface area (Å²) in [7, 11) is 5.09. The molecule has 0 saturated carbocycles. The lowest BCUT2D eigenvalue weighted by molar-refractivity contribution is 0.0953. The Morgan fingerprint density at radius 3 is 2.68 bits per heavy atom. The molecule has 2 aromatic rings. The summed E-state index contributed by atoms with van der Waals surface area (Å²) in [6, 6.07) is 5.63. The maximum Gasteiger partial charge on any atom is 0.170 e. The summed E-state index contributed by atoms with van der Waals surface area (Å²) >= 11 is 0. The minimum atomic E-state index is 0.154. The number of carbonyl (C=O) groups is 1. The molecule has 1 aliphatic carbocycles. The van der Waals surface area contributed by atoms with E-state index in [1.54, 1.807) is 14.2 Å². The lowest BCUT2D eigenvalue weighted by Crippen LogP contribution is -2.19. The zero-order chi connectivity index (χ0) is 15.9. The van der Waals surface area contributed by atoms with Gasteiger partial charge in [-0.2, -0.15) is 5.10 Å². The molecule has 116 valence electrons. The SMILES string of the molecule is COc1cccc(-c2nn(C)c3c2C(=O)CC(C)C3)c1OC. The predicted octanol–water partition coefficient (Wildman–Crippen LogP) is 2.87. The van der Waals surface area contributed by atoms with Gasteiger partial charge in [-0.3, -0.25) is 9.48 Å². The van der Waals surface area contributed by atoms with Crippen molar-refractivity contribution in [2.24, 2.45) is 13.0 Å². The van der Waals surface area contributed by atoms with Crippen molar-refractivity contribution in [1.82, 2.24) is 9.78 Å². The van der Waals surface area contributed by atoms with Crippen molar-refractivity contribution in [2.45, 2.75) is 19.8 Å². The number of aromatic nitrogens is 2. The number of rotatable bonds is 3. The van der Waals surface area contributed by atoms with E-state index in [1.165, 1.54) is 0 Å². The van der Waals surface area contributed by atoms with Crippen LogP contribution in [0.3, 0.4) is 0 Å². The van der Waals surface area contributed by atoms with E-state index in [-0.39, 0.29) is 5.78 Å². The number of carbonyl (C=O) groups excluding carboxylic acids is 1. The molecule has 5 nitrogen and oxygen atoms in total. The van der Waals surface area contributed by atoms with E-state index in [2.05, 4.69) is 12.0 Å². The molecule has 3 rings (SSSR count). The molecule has 0 bridgehead atoms. The third-order valence-corrected chi connectivity index (χ3v) is 4.18. The Balaban J connectivity index is 2.23. The van der Waals surface area contributed by atoms with Crippen molar-refractivity contribution in [3.8, 4) is 22.8 Å². The maximum absolute atomic E-state index is 12.5. The van der Waals surface area contributed by atoms with Crippen LogP contribution in [0.25, 0.3) is 11.3 Å². The van der Waals surface area contributed by atoms with Gasteiger partial charge in [-0.25, -0.2) is 0 Å². The van der Waals surface area contributed by atoms with Gasteiger partial charge in [0, 0.05) is 24.7 Å². The number of fused-ring (bicyclic) bond motifs is 1. The Kier molecular flexibility index (Phi) is 3.64. The highest BCUT2D eigenvalue weighted by Crippen LogP contribution is 2.41. The van der Waals surface area contributed by atoms with E-state index in [0.29, 0.717) is 29.5 Å². The molecule has 1 aliphatic rings. The molecule has 0 N–H and O–H groups in total. The fraction of sp³-hybridized carbons (Fsp3) is 0.412. The molecule has 22 heavy (non-hydrogen) atoms. The summed E-state index contributed by atoms with van der Waals surface area (Å²) in [6.45, 7) is 2.10. The number of para-hydroxylation sites is 1. The summed E-state index contributed by atoms with van der Waals surface area (Å²) in [5, 5.41) is 4.59. The van der Waals surface area contributed by atoms with Gasteiger partial charge in [-0.1, -0.05) is 13.0 Å². The van der Waals surface area contributed by atoms with Crippen molar-refractivity contribution in [3.05, 3.63) is 29.5 Å². The lowest BCUT2D eigenvalue weighted by Gasteiger charge is -2.18. The van der Waals surface area contributed by atoms with Gasteiger partial charge < -0.3 is 9.47 Å². The van der Waals surface area contributed by atoms with Crippen LogP contribution in [0, 0.1) is 5.92 Å². The Bertz CT molecular complexity index is 734. The molecule has 0 radical (unpaired) electrons. The molecule has 0 fully saturated rings. The van der Waals surface area contributed by atoms with Crippen LogP contribution in [0.1, 0.15) is 29.4 Å². The summed E-state index contributed by atoms with van der Waals surface area (Å²) < 4.78 is 12.7. The summed E-state index contributed by atoms with van der Waals surface area (Å²) in [6.07, 6.45) is 1.44. The van der Waals surface area contributed by atoms with Gasteiger partial charge >= 0.3 is 0 Å². The van der Waals surface area contributed by atoms with Gasteiger partial charge in [-0.05, 0) is 24.5 Å². The van der Waals surface area contributed by atoms with Crippen LogP contribution in [-0.4, -0.2) is 29.8 Å². The second-order valence-electron chi connectivity index (χ2n) is 5.77. The number of benzene rings is 1. The quantitative estimate of drug-likeness (QED) is 0.874. The van der Waals surface area contributed by atoms with Crippen molar-refractivity contribution in [3.63, 3.8) is 0 Å². The maximum atomic E-state index is 12.5. The van der Waals surface area contributed by atoms with E-state index >= 15 is 0 Å². The van der Waals surface area contributed by atoms with Gasteiger partial charge in [0.25, 0.3) is 0 Å². The van der Waals surface area contributed by atoms with Crippen LogP contribution in [0.5, 0.6) is 11.5 Å². The van der Waals surface area contributed by atoms with Crippen LogP contribution in [0.4, 0.5) is 0 Å². The Morgan fingerprint density at radius 2 is 2.00 bits per heavy atom. The van der Waals surface area contributed by atoms with Crippen molar-refractivity contribution < 1.29 is 14.3 Å². The standard InChI is InChI=1S/C17H20N2O3/c1-10-8-12-15(13(20)9-10)16(18-19(12)2)11-6-5-7-14(21-3)17(11)22-4/h5-7,10H,8-9H2,1-4H3. The molecule has 1 atom stereocenters. The van der Waals surface area contributed by atoms with Crippen LogP contribution >= 0.6 is 0 Å². The van der Waals surface area contributed by atoms with Gasteiger partial charge in [0.1, 0.15) is 5.69 Å². The Labute approximate surface area is 129 Å². The minimum Gasteiger partial charge on any atom is -0.493 e. The first-order valence-electron chi connectivity index (χ1n) is 7.37. The largest absolute Gasteiger partial charge is 0.493 e. The number of ketones is 1. The van der Waals surface area contributed by atoms with Crippen LogP contribution in [0.15, 0.2) is 18.2 Å². The average Bonchev–Trinajstić information content (AvgIpc) is 2.83. The fourth-order valence-electron chi connectivity index (χ4n) is 3.17. The number of aryl methyl sites for hydroxylation is 1. The topological polar surface area (TPSA) is 53.4 Å². The molecular formula is C17H20N2O3. The minimum absolute atomic E-state index is 0.154. The molecule has 0 saturated heterocycles. The van der Waals surface area contributed by atoms with Crippen LogP contribution in [0.2, 0.25) is 0 Å². The highest BCUT2D eigenvalue weighted by atomic mass is 16.5. The predicted molar refractivity (Wildman–Crippen MR) is 83.6 cm³/mol. The monoisotopic (exact) mass is 300 g/mol.